The molecule has 3 rings (SSSR count). The van der Waals surface area contributed by atoms with Crippen molar-refractivity contribution in [2.24, 2.45) is 4.99 Å². The molecule has 0 saturated carbocycles. The largest absolute Gasteiger partial charge is 0.473 e. The van der Waals surface area contributed by atoms with Crippen molar-refractivity contribution >= 4 is 28.0 Å². The first-order valence-corrected chi connectivity index (χ1v) is 9.42. The standard InChI is InChI=1S/C20H24BrN3O/c1-5-24(4)12-22-19-11-18(21)20(23-14(19)3)25-17-9-15-7-6-13(2)8-16(15)10-17/h6-8,11-12,17H,5,9-10H2,1-4H3/b22-12+. The van der Waals surface area contributed by atoms with Crippen LogP contribution in [0.15, 0.2) is 33.7 Å². The molecule has 5 heteroatoms. The summed E-state index contributed by atoms with van der Waals surface area (Å²) in [7, 11) is 2.00. The summed E-state index contributed by atoms with van der Waals surface area (Å²) in [5.41, 5.74) is 5.79. The molecule has 0 bridgehead atoms. The maximum absolute atomic E-state index is 6.19. The Bertz CT molecular complexity index is 804. The fourth-order valence-electron chi connectivity index (χ4n) is 2.95. The zero-order chi connectivity index (χ0) is 18.0. The normalized spacial score (nSPS) is 16.3. The fourth-order valence-corrected chi connectivity index (χ4v) is 3.35. The maximum Gasteiger partial charge on any atom is 0.228 e. The minimum atomic E-state index is 0.139. The maximum atomic E-state index is 6.19. The molecule has 0 spiro atoms. The van der Waals surface area contributed by atoms with E-state index in [0.717, 1.165) is 35.2 Å². The van der Waals surface area contributed by atoms with E-state index in [0.29, 0.717) is 5.88 Å². The summed E-state index contributed by atoms with van der Waals surface area (Å²) in [5, 5.41) is 0. The molecule has 132 valence electrons. The average molecular weight is 402 g/mol. The highest BCUT2D eigenvalue weighted by molar-refractivity contribution is 9.10. The van der Waals surface area contributed by atoms with Crippen molar-refractivity contribution in [3.05, 3.63) is 51.1 Å². The summed E-state index contributed by atoms with van der Waals surface area (Å²) in [4.78, 5) is 11.1. The Hall–Kier alpha value is -1.88. The molecule has 0 aliphatic heterocycles. The van der Waals surface area contributed by atoms with Crippen molar-refractivity contribution < 1.29 is 4.74 Å². The Morgan fingerprint density at radius 3 is 2.80 bits per heavy atom. The molecule has 0 amide bonds. The quantitative estimate of drug-likeness (QED) is 0.541. The van der Waals surface area contributed by atoms with E-state index in [1.165, 1.54) is 16.7 Å². The van der Waals surface area contributed by atoms with Gasteiger partial charge in [-0.15, -0.1) is 0 Å². The molecule has 1 aliphatic rings. The molecule has 1 aromatic carbocycles. The second kappa shape index (κ2) is 7.56. The van der Waals surface area contributed by atoms with E-state index >= 15 is 0 Å². The van der Waals surface area contributed by atoms with Crippen molar-refractivity contribution in [3.63, 3.8) is 0 Å². The summed E-state index contributed by atoms with van der Waals surface area (Å²) >= 11 is 3.58. The van der Waals surface area contributed by atoms with Crippen LogP contribution >= 0.6 is 15.9 Å². The predicted octanol–water partition coefficient (Wildman–Crippen LogP) is 4.62. The number of halogens is 1. The van der Waals surface area contributed by atoms with Crippen LogP contribution in [0.1, 0.15) is 29.3 Å². The fraction of sp³-hybridized carbons (Fsp3) is 0.400. The Labute approximate surface area is 158 Å². The van der Waals surface area contributed by atoms with E-state index < -0.39 is 0 Å². The highest BCUT2D eigenvalue weighted by Gasteiger charge is 2.24. The van der Waals surface area contributed by atoms with Gasteiger partial charge >= 0.3 is 0 Å². The SMILES string of the molecule is CCN(C)/C=N/c1cc(Br)c(OC2Cc3ccc(C)cc3C2)nc1C. The number of aromatic nitrogens is 1. The number of benzene rings is 1. The predicted molar refractivity (Wildman–Crippen MR) is 106 cm³/mol. The number of hydrogen-bond donors (Lipinski definition) is 0. The van der Waals surface area contributed by atoms with Crippen molar-refractivity contribution in [1.82, 2.24) is 9.88 Å². The third kappa shape index (κ3) is 4.21. The smallest absolute Gasteiger partial charge is 0.228 e. The van der Waals surface area contributed by atoms with Crippen LogP contribution in [0, 0.1) is 13.8 Å². The number of ether oxygens (including phenoxy) is 1. The van der Waals surface area contributed by atoms with Gasteiger partial charge in [-0.3, -0.25) is 0 Å². The lowest BCUT2D eigenvalue weighted by Crippen LogP contribution is -2.17. The van der Waals surface area contributed by atoms with Crippen LogP contribution in [-0.2, 0) is 12.8 Å². The molecule has 25 heavy (non-hydrogen) atoms. The number of nitrogens with zero attached hydrogens (tertiary/aromatic N) is 3. The topological polar surface area (TPSA) is 37.7 Å². The number of rotatable bonds is 5. The van der Waals surface area contributed by atoms with Gasteiger partial charge in [-0.05, 0) is 53.9 Å². The number of pyridine rings is 1. The first-order valence-electron chi connectivity index (χ1n) is 8.63. The van der Waals surface area contributed by atoms with Crippen LogP contribution in [0.4, 0.5) is 5.69 Å². The molecular weight excluding hydrogens is 378 g/mol. The van der Waals surface area contributed by atoms with Crippen LogP contribution in [0.25, 0.3) is 0 Å². The number of aliphatic imine (C=N–C) groups is 1. The Morgan fingerprint density at radius 2 is 2.04 bits per heavy atom. The van der Waals surface area contributed by atoms with Gasteiger partial charge in [0, 0.05) is 26.4 Å². The zero-order valence-electron chi connectivity index (χ0n) is 15.2. The van der Waals surface area contributed by atoms with Crippen molar-refractivity contribution in [2.45, 2.75) is 39.7 Å². The van der Waals surface area contributed by atoms with Gasteiger partial charge in [-0.1, -0.05) is 23.8 Å². The van der Waals surface area contributed by atoms with Gasteiger partial charge in [0.15, 0.2) is 0 Å². The second-order valence-corrected chi connectivity index (χ2v) is 7.47. The molecule has 4 nitrogen and oxygen atoms in total. The Morgan fingerprint density at radius 1 is 1.28 bits per heavy atom. The molecule has 0 fully saturated rings. The van der Waals surface area contributed by atoms with Crippen LogP contribution in [-0.4, -0.2) is 35.9 Å². The van der Waals surface area contributed by atoms with E-state index in [1.54, 1.807) is 0 Å². The van der Waals surface area contributed by atoms with E-state index in [4.69, 9.17) is 4.74 Å². The van der Waals surface area contributed by atoms with E-state index in [-0.39, 0.29) is 6.10 Å². The van der Waals surface area contributed by atoms with Crippen LogP contribution in [0.5, 0.6) is 5.88 Å². The molecule has 2 aromatic rings. The molecule has 1 aliphatic carbocycles. The van der Waals surface area contributed by atoms with Gasteiger partial charge in [0.05, 0.1) is 22.2 Å². The average Bonchev–Trinajstić information content (AvgIpc) is 2.97. The minimum Gasteiger partial charge on any atom is -0.473 e. The van der Waals surface area contributed by atoms with Crippen molar-refractivity contribution in [3.8, 4) is 5.88 Å². The van der Waals surface area contributed by atoms with Gasteiger partial charge in [0.1, 0.15) is 6.10 Å². The van der Waals surface area contributed by atoms with Gasteiger partial charge in [-0.25, -0.2) is 9.98 Å². The minimum absolute atomic E-state index is 0.139. The molecule has 0 N–H and O–H groups in total. The highest BCUT2D eigenvalue weighted by Crippen LogP contribution is 2.33. The number of fused-ring (bicyclic) bond motifs is 1. The highest BCUT2D eigenvalue weighted by atomic mass is 79.9. The monoisotopic (exact) mass is 401 g/mol. The lowest BCUT2D eigenvalue weighted by atomic mass is 10.1. The first kappa shape index (κ1) is 17.9. The van der Waals surface area contributed by atoms with Crippen LogP contribution in [0.3, 0.4) is 0 Å². The lowest BCUT2D eigenvalue weighted by molar-refractivity contribution is 0.203. The van der Waals surface area contributed by atoms with E-state index in [2.05, 4.69) is 58.0 Å². The molecule has 1 atom stereocenters. The molecule has 1 heterocycles. The molecule has 1 aromatic heterocycles. The summed E-state index contributed by atoms with van der Waals surface area (Å²) in [5.74, 6) is 0.648. The summed E-state index contributed by atoms with van der Waals surface area (Å²) in [6.45, 7) is 7.10. The third-order valence-electron chi connectivity index (χ3n) is 4.54. The Kier molecular flexibility index (Phi) is 5.42. The first-order chi connectivity index (χ1) is 12.0. The molecule has 1 unspecified atom stereocenters. The van der Waals surface area contributed by atoms with Gasteiger partial charge < -0.3 is 9.64 Å². The zero-order valence-corrected chi connectivity index (χ0v) is 16.8. The van der Waals surface area contributed by atoms with Crippen molar-refractivity contribution in [2.75, 3.05) is 13.6 Å². The van der Waals surface area contributed by atoms with Gasteiger partial charge in [-0.2, -0.15) is 0 Å². The second-order valence-electron chi connectivity index (χ2n) is 6.62. The number of aryl methyl sites for hydroxylation is 2. The van der Waals surface area contributed by atoms with Gasteiger partial charge in [0.25, 0.3) is 0 Å². The molecule has 0 saturated heterocycles. The number of hydrogen-bond acceptors (Lipinski definition) is 3. The van der Waals surface area contributed by atoms with E-state index in [9.17, 15) is 0 Å². The third-order valence-corrected chi connectivity index (χ3v) is 5.10. The summed E-state index contributed by atoms with van der Waals surface area (Å²) in [6.07, 6.45) is 3.84. The summed E-state index contributed by atoms with van der Waals surface area (Å²) in [6, 6.07) is 8.61. The molecular formula is C20H24BrN3O. The Balaban J connectivity index is 1.74. The van der Waals surface area contributed by atoms with Crippen LogP contribution < -0.4 is 4.74 Å². The summed E-state index contributed by atoms with van der Waals surface area (Å²) < 4.78 is 7.03. The van der Waals surface area contributed by atoms with E-state index in [1.807, 2.05) is 31.3 Å². The van der Waals surface area contributed by atoms with Gasteiger partial charge in [0.2, 0.25) is 5.88 Å². The lowest BCUT2D eigenvalue weighted by Gasteiger charge is -2.15. The van der Waals surface area contributed by atoms with Crippen LogP contribution in [0.2, 0.25) is 0 Å². The molecule has 0 radical (unpaired) electrons. The van der Waals surface area contributed by atoms with Crippen molar-refractivity contribution in [1.29, 1.82) is 0 Å².